The van der Waals surface area contributed by atoms with Gasteiger partial charge < -0.3 is 11.1 Å². The van der Waals surface area contributed by atoms with Crippen LogP contribution in [-0.4, -0.2) is 11.9 Å². The zero-order chi connectivity index (χ0) is 12.8. The first-order valence-electron chi connectivity index (χ1n) is 5.54. The predicted molar refractivity (Wildman–Crippen MR) is 72.6 cm³/mol. The van der Waals surface area contributed by atoms with Crippen molar-refractivity contribution in [2.24, 2.45) is 5.73 Å². The Labute approximate surface area is 111 Å². The molecule has 0 saturated heterocycles. The maximum atomic E-state index is 11.7. The van der Waals surface area contributed by atoms with Crippen LogP contribution in [0.2, 0.25) is 10.0 Å². The molecule has 5 heteroatoms. The molecule has 0 bridgehead atoms. The minimum Gasteiger partial charge on any atom is -0.327 e. The molecule has 0 radical (unpaired) electrons. The van der Waals surface area contributed by atoms with E-state index in [-0.39, 0.29) is 18.4 Å². The van der Waals surface area contributed by atoms with Gasteiger partial charge in [0.15, 0.2) is 0 Å². The molecular formula is C12H16Cl2N2O. The van der Waals surface area contributed by atoms with E-state index >= 15 is 0 Å². The molecule has 0 fully saturated rings. The van der Waals surface area contributed by atoms with E-state index in [0.717, 1.165) is 12.8 Å². The summed E-state index contributed by atoms with van der Waals surface area (Å²) >= 11 is 11.9. The van der Waals surface area contributed by atoms with Gasteiger partial charge in [0.25, 0.3) is 0 Å². The standard InChI is InChI=1S/C12H16Cl2N2O/c1-2-4-8(15)7-11(17)16-12-9(13)5-3-6-10(12)14/h3,5-6,8H,2,4,7,15H2,1H3,(H,16,17). The summed E-state index contributed by atoms with van der Waals surface area (Å²) in [6, 6.07) is 4.95. The molecule has 17 heavy (non-hydrogen) atoms. The molecule has 0 aliphatic rings. The van der Waals surface area contributed by atoms with Crippen molar-refractivity contribution in [2.75, 3.05) is 5.32 Å². The van der Waals surface area contributed by atoms with Crippen LogP contribution >= 0.6 is 23.2 Å². The number of para-hydroxylation sites is 1. The summed E-state index contributed by atoms with van der Waals surface area (Å²) < 4.78 is 0. The molecule has 0 aliphatic carbocycles. The molecule has 0 aromatic heterocycles. The molecule has 3 nitrogen and oxygen atoms in total. The third kappa shape index (κ3) is 4.54. The van der Waals surface area contributed by atoms with Crippen molar-refractivity contribution >= 4 is 34.8 Å². The molecule has 1 atom stereocenters. The van der Waals surface area contributed by atoms with Crippen LogP contribution in [0.25, 0.3) is 0 Å². The maximum Gasteiger partial charge on any atom is 0.226 e. The number of benzene rings is 1. The van der Waals surface area contributed by atoms with Gasteiger partial charge in [-0.2, -0.15) is 0 Å². The number of nitrogens with two attached hydrogens (primary N) is 1. The molecule has 1 aromatic carbocycles. The maximum absolute atomic E-state index is 11.7. The van der Waals surface area contributed by atoms with Crippen LogP contribution in [-0.2, 0) is 4.79 Å². The minimum absolute atomic E-state index is 0.124. The van der Waals surface area contributed by atoms with Crippen LogP contribution in [0.3, 0.4) is 0 Å². The van der Waals surface area contributed by atoms with Crippen molar-refractivity contribution in [3.8, 4) is 0 Å². The smallest absolute Gasteiger partial charge is 0.226 e. The lowest BCUT2D eigenvalue weighted by Gasteiger charge is -2.12. The Kier molecular flexibility index (Phi) is 5.75. The Balaban J connectivity index is 2.62. The van der Waals surface area contributed by atoms with E-state index in [4.69, 9.17) is 28.9 Å². The Bertz CT molecular complexity index is 376. The minimum atomic E-state index is -0.166. The highest BCUT2D eigenvalue weighted by atomic mass is 35.5. The monoisotopic (exact) mass is 274 g/mol. The molecule has 3 N–H and O–H groups in total. The van der Waals surface area contributed by atoms with Gasteiger partial charge >= 0.3 is 0 Å². The van der Waals surface area contributed by atoms with Crippen molar-refractivity contribution in [1.82, 2.24) is 0 Å². The van der Waals surface area contributed by atoms with E-state index in [1.54, 1.807) is 18.2 Å². The fourth-order valence-corrected chi connectivity index (χ4v) is 2.01. The second-order valence-corrected chi connectivity index (χ2v) is 4.71. The summed E-state index contributed by atoms with van der Waals surface area (Å²) in [6.07, 6.45) is 2.06. The van der Waals surface area contributed by atoms with Gasteiger partial charge in [0.05, 0.1) is 15.7 Å². The SMILES string of the molecule is CCCC(N)CC(=O)Nc1c(Cl)cccc1Cl. The Morgan fingerprint density at radius 2 is 2.00 bits per heavy atom. The van der Waals surface area contributed by atoms with E-state index in [9.17, 15) is 4.79 Å². The van der Waals surface area contributed by atoms with Crippen LogP contribution in [0.5, 0.6) is 0 Å². The van der Waals surface area contributed by atoms with Gasteiger partial charge in [-0.3, -0.25) is 4.79 Å². The second kappa shape index (κ2) is 6.84. The average molecular weight is 275 g/mol. The summed E-state index contributed by atoms with van der Waals surface area (Å²) in [5.74, 6) is -0.166. The molecule has 0 spiro atoms. The highest BCUT2D eigenvalue weighted by molar-refractivity contribution is 6.39. The Morgan fingerprint density at radius 3 is 2.53 bits per heavy atom. The summed E-state index contributed by atoms with van der Waals surface area (Å²) in [5.41, 5.74) is 6.24. The van der Waals surface area contributed by atoms with Crippen molar-refractivity contribution in [1.29, 1.82) is 0 Å². The van der Waals surface area contributed by atoms with E-state index in [1.165, 1.54) is 0 Å². The molecule has 1 rings (SSSR count). The second-order valence-electron chi connectivity index (χ2n) is 3.90. The zero-order valence-electron chi connectivity index (χ0n) is 9.67. The van der Waals surface area contributed by atoms with E-state index in [0.29, 0.717) is 15.7 Å². The van der Waals surface area contributed by atoms with Gasteiger partial charge in [0, 0.05) is 12.5 Å². The van der Waals surface area contributed by atoms with E-state index in [1.807, 2.05) is 6.92 Å². The topological polar surface area (TPSA) is 55.1 Å². The van der Waals surface area contributed by atoms with Crippen LogP contribution in [0.15, 0.2) is 18.2 Å². The van der Waals surface area contributed by atoms with Gasteiger partial charge in [-0.1, -0.05) is 42.6 Å². The highest BCUT2D eigenvalue weighted by Crippen LogP contribution is 2.29. The molecule has 94 valence electrons. The number of hydrogen-bond donors (Lipinski definition) is 2. The summed E-state index contributed by atoms with van der Waals surface area (Å²) in [6.45, 7) is 2.03. The van der Waals surface area contributed by atoms with Gasteiger partial charge in [0.1, 0.15) is 0 Å². The number of anilines is 1. The van der Waals surface area contributed by atoms with Gasteiger partial charge in [-0.25, -0.2) is 0 Å². The molecule has 0 aliphatic heterocycles. The van der Waals surface area contributed by atoms with Crippen LogP contribution in [0, 0.1) is 0 Å². The van der Waals surface area contributed by atoms with Crippen LogP contribution in [0.4, 0.5) is 5.69 Å². The molecule has 1 unspecified atom stereocenters. The lowest BCUT2D eigenvalue weighted by molar-refractivity contribution is -0.116. The van der Waals surface area contributed by atoms with Gasteiger partial charge in [-0.05, 0) is 18.6 Å². The van der Waals surface area contributed by atoms with Crippen molar-refractivity contribution in [3.05, 3.63) is 28.2 Å². The molecule has 0 saturated carbocycles. The number of hydrogen-bond acceptors (Lipinski definition) is 2. The number of carbonyl (C=O) groups excluding carboxylic acids is 1. The number of rotatable bonds is 5. The molecule has 0 heterocycles. The largest absolute Gasteiger partial charge is 0.327 e. The number of halogens is 2. The average Bonchev–Trinajstić information content (AvgIpc) is 2.24. The fourth-order valence-electron chi connectivity index (χ4n) is 1.52. The Hall–Kier alpha value is -0.770. The number of carbonyl (C=O) groups is 1. The zero-order valence-corrected chi connectivity index (χ0v) is 11.2. The first-order valence-corrected chi connectivity index (χ1v) is 6.29. The Morgan fingerprint density at radius 1 is 1.41 bits per heavy atom. The normalized spacial score (nSPS) is 12.2. The quantitative estimate of drug-likeness (QED) is 0.864. The molecule has 1 amide bonds. The van der Waals surface area contributed by atoms with E-state index < -0.39 is 0 Å². The number of nitrogens with one attached hydrogen (secondary N) is 1. The third-order valence-electron chi connectivity index (χ3n) is 2.33. The highest BCUT2D eigenvalue weighted by Gasteiger charge is 2.12. The summed E-state index contributed by atoms with van der Waals surface area (Å²) in [7, 11) is 0. The molecular weight excluding hydrogens is 259 g/mol. The lowest BCUT2D eigenvalue weighted by Crippen LogP contribution is -2.27. The predicted octanol–water partition coefficient (Wildman–Crippen LogP) is 3.45. The summed E-state index contributed by atoms with van der Waals surface area (Å²) in [4.78, 5) is 11.7. The van der Waals surface area contributed by atoms with Crippen LogP contribution < -0.4 is 11.1 Å². The van der Waals surface area contributed by atoms with Gasteiger partial charge in [-0.15, -0.1) is 0 Å². The van der Waals surface area contributed by atoms with Crippen molar-refractivity contribution in [2.45, 2.75) is 32.2 Å². The molecule has 1 aromatic rings. The van der Waals surface area contributed by atoms with E-state index in [2.05, 4.69) is 5.32 Å². The first kappa shape index (κ1) is 14.3. The third-order valence-corrected chi connectivity index (χ3v) is 2.96. The van der Waals surface area contributed by atoms with Gasteiger partial charge in [0.2, 0.25) is 5.91 Å². The van der Waals surface area contributed by atoms with Crippen LogP contribution in [0.1, 0.15) is 26.2 Å². The van der Waals surface area contributed by atoms with Crippen molar-refractivity contribution < 1.29 is 4.79 Å². The lowest BCUT2D eigenvalue weighted by atomic mass is 10.1. The van der Waals surface area contributed by atoms with Crippen molar-refractivity contribution in [3.63, 3.8) is 0 Å². The summed E-state index contributed by atoms with van der Waals surface area (Å²) in [5, 5.41) is 3.54. The first-order chi connectivity index (χ1) is 8.04. The number of amides is 1. The fraction of sp³-hybridized carbons (Fsp3) is 0.417.